The van der Waals surface area contributed by atoms with Gasteiger partial charge in [0.2, 0.25) is 0 Å². The van der Waals surface area contributed by atoms with Crippen molar-refractivity contribution in [3.05, 3.63) is 53.3 Å². The molecule has 0 radical (unpaired) electrons. The first kappa shape index (κ1) is 16.2. The highest BCUT2D eigenvalue weighted by Crippen LogP contribution is 2.41. The van der Waals surface area contributed by atoms with Crippen LogP contribution in [-0.4, -0.2) is 7.11 Å². The summed E-state index contributed by atoms with van der Waals surface area (Å²) in [5, 5.41) is 0. The Kier molecular flexibility index (Phi) is 5.14. The Bertz CT molecular complexity index is 608. The van der Waals surface area contributed by atoms with Crippen LogP contribution in [0.5, 0.6) is 0 Å². The van der Waals surface area contributed by atoms with Crippen molar-refractivity contribution in [3.8, 4) is 0 Å². The number of ether oxygens (including phenoxy) is 1. The summed E-state index contributed by atoms with van der Waals surface area (Å²) in [5.41, 5.74) is 2.82. The number of benzene rings is 1. The van der Waals surface area contributed by atoms with Gasteiger partial charge in [-0.2, -0.15) is 0 Å². The predicted molar refractivity (Wildman–Crippen MR) is 88.7 cm³/mol. The summed E-state index contributed by atoms with van der Waals surface area (Å²) < 4.78 is 32.4. The molecule has 1 atom stereocenters. The summed E-state index contributed by atoms with van der Waals surface area (Å²) in [6, 6.07) is 4.46. The van der Waals surface area contributed by atoms with E-state index in [4.69, 9.17) is 4.74 Å². The maximum Gasteiger partial charge on any atom is 0.166 e. The SMILES string of the molecule is COC=C1CCC(C2CC=C(c3cccc(F)c3F)CC2)CC1. The Labute approximate surface area is 137 Å². The van der Waals surface area contributed by atoms with Crippen molar-refractivity contribution >= 4 is 5.57 Å². The lowest BCUT2D eigenvalue weighted by Crippen LogP contribution is -2.20. The topological polar surface area (TPSA) is 9.23 Å². The predicted octanol–water partition coefficient (Wildman–Crippen LogP) is 5.87. The molecule has 1 aromatic carbocycles. The third-order valence-corrected chi connectivity index (χ3v) is 5.37. The van der Waals surface area contributed by atoms with E-state index in [-0.39, 0.29) is 0 Å². The van der Waals surface area contributed by atoms with Crippen LogP contribution in [-0.2, 0) is 4.74 Å². The van der Waals surface area contributed by atoms with Gasteiger partial charge in [-0.25, -0.2) is 8.78 Å². The number of halogens is 2. The lowest BCUT2D eigenvalue weighted by molar-refractivity contribution is 0.251. The fourth-order valence-corrected chi connectivity index (χ4v) is 4.05. The van der Waals surface area contributed by atoms with Crippen LogP contribution in [0.1, 0.15) is 50.5 Å². The molecule has 0 N–H and O–H groups in total. The molecule has 124 valence electrons. The van der Waals surface area contributed by atoms with Crippen LogP contribution in [0.25, 0.3) is 5.57 Å². The van der Waals surface area contributed by atoms with Gasteiger partial charge in [0.25, 0.3) is 0 Å². The van der Waals surface area contributed by atoms with Crippen LogP contribution in [0.3, 0.4) is 0 Å². The summed E-state index contributed by atoms with van der Waals surface area (Å²) >= 11 is 0. The number of methoxy groups -OCH3 is 1. The maximum absolute atomic E-state index is 13.9. The summed E-state index contributed by atoms with van der Waals surface area (Å²) in [6.45, 7) is 0. The number of hydrogen-bond donors (Lipinski definition) is 0. The summed E-state index contributed by atoms with van der Waals surface area (Å²) in [6.07, 6.45) is 11.6. The zero-order valence-corrected chi connectivity index (χ0v) is 13.7. The summed E-state index contributed by atoms with van der Waals surface area (Å²) in [7, 11) is 1.71. The van der Waals surface area contributed by atoms with Gasteiger partial charge in [0.15, 0.2) is 11.6 Å². The molecule has 1 nitrogen and oxygen atoms in total. The average molecular weight is 318 g/mol. The van der Waals surface area contributed by atoms with Gasteiger partial charge in [-0.1, -0.05) is 18.2 Å². The highest BCUT2D eigenvalue weighted by atomic mass is 19.2. The van der Waals surface area contributed by atoms with Crippen molar-refractivity contribution in [1.82, 2.24) is 0 Å². The van der Waals surface area contributed by atoms with Crippen LogP contribution in [0.15, 0.2) is 36.1 Å². The van der Waals surface area contributed by atoms with Crippen molar-refractivity contribution in [1.29, 1.82) is 0 Å². The fraction of sp³-hybridized carbons (Fsp3) is 0.500. The van der Waals surface area contributed by atoms with Crippen molar-refractivity contribution in [2.45, 2.75) is 44.9 Å². The van der Waals surface area contributed by atoms with Gasteiger partial charge in [-0.05, 0) is 74.0 Å². The minimum Gasteiger partial charge on any atom is -0.504 e. The number of rotatable bonds is 3. The molecule has 2 aliphatic rings. The van der Waals surface area contributed by atoms with Gasteiger partial charge in [-0.3, -0.25) is 0 Å². The minimum absolute atomic E-state index is 0.442. The quantitative estimate of drug-likeness (QED) is 0.633. The summed E-state index contributed by atoms with van der Waals surface area (Å²) in [4.78, 5) is 0. The molecule has 0 aliphatic heterocycles. The first-order valence-electron chi connectivity index (χ1n) is 8.53. The van der Waals surface area contributed by atoms with Crippen molar-refractivity contribution in [2.24, 2.45) is 11.8 Å². The van der Waals surface area contributed by atoms with Crippen LogP contribution in [0.2, 0.25) is 0 Å². The monoisotopic (exact) mass is 318 g/mol. The molecule has 2 aliphatic carbocycles. The van der Waals surface area contributed by atoms with E-state index >= 15 is 0 Å². The Morgan fingerprint density at radius 2 is 1.78 bits per heavy atom. The largest absolute Gasteiger partial charge is 0.504 e. The first-order chi connectivity index (χ1) is 11.2. The molecule has 0 spiro atoms. The van der Waals surface area contributed by atoms with Gasteiger partial charge >= 0.3 is 0 Å². The van der Waals surface area contributed by atoms with Crippen molar-refractivity contribution in [3.63, 3.8) is 0 Å². The third kappa shape index (κ3) is 3.65. The van der Waals surface area contributed by atoms with E-state index in [0.717, 1.165) is 43.6 Å². The molecule has 0 aromatic heterocycles. The first-order valence-corrected chi connectivity index (χ1v) is 8.53. The molecule has 1 unspecified atom stereocenters. The van der Waals surface area contributed by atoms with E-state index in [1.54, 1.807) is 19.2 Å². The molecular formula is C20H24F2O. The molecule has 0 amide bonds. The Morgan fingerprint density at radius 3 is 2.43 bits per heavy atom. The smallest absolute Gasteiger partial charge is 0.166 e. The second-order valence-corrected chi connectivity index (χ2v) is 6.71. The third-order valence-electron chi connectivity index (χ3n) is 5.37. The van der Waals surface area contributed by atoms with Gasteiger partial charge in [0, 0.05) is 5.56 Å². The zero-order valence-electron chi connectivity index (χ0n) is 13.7. The second kappa shape index (κ2) is 7.29. The molecule has 0 heterocycles. The Morgan fingerprint density at radius 1 is 1.04 bits per heavy atom. The van der Waals surface area contributed by atoms with Gasteiger partial charge in [0.1, 0.15) is 0 Å². The minimum atomic E-state index is -0.754. The van der Waals surface area contributed by atoms with Crippen LogP contribution < -0.4 is 0 Å². The molecule has 1 aromatic rings. The van der Waals surface area contributed by atoms with E-state index in [2.05, 4.69) is 6.08 Å². The number of allylic oxidation sites excluding steroid dienone is 3. The zero-order chi connectivity index (χ0) is 16.2. The van der Waals surface area contributed by atoms with Crippen LogP contribution in [0, 0.1) is 23.5 Å². The van der Waals surface area contributed by atoms with Crippen LogP contribution in [0.4, 0.5) is 8.78 Å². The molecular weight excluding hydrogens is 294 g/mol. The average Bonchev–Trinajstić information content (AvgIpc) is 2.59. The second-order valence-electron chi connectivity index (χ2n) is 6.71. The molecule has 0 bridgehead atoms. The normalized spacial score (nSPS) is 25.0. The van der Waals surface area contributed by atoms with E-state index in [9.17, 15) is 8.78 Å². The molecule has 1 saturated carbocycles. The molecule has 3 rings (SSSR count). The Balaban J connectivity index is 1.63. The van der Waals surface area contributed by atoms with Crippen molar-refractivity contribution in [2.75, 3.05) is 7.11 Å². The van der Waals surface area contributed by atoms with Crippen LogP contribution >= 0.6 is 0 Å². The van der Waals surface area contributed by atoms with Gasteiger partial charge < -0.3 is 4.74 Å². The van der Waals surface area contributed by atoms with Gasteiger partial charge in [-0.15, -0.1) is 0 Å². The Hall–Kier alpha value is -1.64. The number of hydrogen-bond acceptors (Lipinski definition) is 1. The maximum atomic E-state index is 13.9. The highest BCUT2D eigenvalue weighted by Gasteiger charge is 2.27. The molecule has 23 heavy (non-hydrogen) atoms. The molecule has 1 fully saturated rings. The highest BCUT2D eigenvalue weighted by molar-refractivity contribution is 5.66. The van der Waals surface area contributed by atoms with Gasteiger partial charge in [0.05, 0.1) is 13.4 Å². The molecule has 3 heteroatoms. The molecule has 0 saturated heterocycles. The lowest BCUT2D eigenvalue weighted by Gasteiger charge is -2.33. The van der Waals surface area contributed by atoms with E-state index in [1.165, 1.54) is 24.5 Å². The lowest BCUT2D eigenvalue weighted by atomic mass is 9.72. The fourth-order valence-electron chi connectivity index (χ4n) is 4.05. The standard InChI is InChI=1S/C20H24F2O/c1-23-13-14-5-7-15(8-6-14)16-9-11-17(12-10-16)18-3-2-4-19(21)20(18)22/h2-4,11,13,15-16H,5-10,12H2,1H3. The van der Waals surface area contributed by atoms with E-state index in [1.807, 2.05) is 6.26 Å². The van der Waals surface area contributed by atoms with E-state index < -0.39 is 11.6 Å². The van der Waals surface area contributed by atoms with E-state index in [0.29, 0.717) is 11.5 Å². The summed E-state index contributed by atoms with van der Waals surface area (Å²) in [5.74, 6) is -0.0295. The van der Waals surface area contributed by atoms with Crippen molar-refractivity contribution < 1.29 is 13.5 Å².